The maximum absolute atomic E-state index is 2.41. The fourth-order valence-corrected chi connectivity index (χ4v) is 5.78. The van der Waals surface area contributed by atoms with E-state index in [0.717, 1.165) is 0 Å². The van der Waals surface area contributed by atoms with Gasteiger partial charge in [-0.2, -0.15) is 0 Å². The SMILES string of the molecule is CCCCCCCCCCCCCCCC[N+](CCC)(CCC)c1cccc2ccccc12.[OH-]. The molecule has 0 bridgehead atoms. The average Bonchev–Trinajstić information content (AvgIpc) is 2.84. The fourth-order valence-electron chi connectivity index (χ4n) is 5.78. The van der Waals surface area contributed by atoms with Crippen LogP contribution in [0.3, 0.4) is 0 Å². The Morgan fingerprint density at radius 3 is 1.47 bits per heavy atom. The summed E-state index contributed by atoms with van der Waals surface area (Å²) in [6.07, 6.45) is 22.6. The van der Waals surface area contributed by atoms with Crippen LogP contribution in [0.15, 0.2) is 42.5 Å². The molecule has 0 aliphatic carbocycles. The summed E-state index contributed by atoms with van der Waals surface area (Å²) in [5, 5.41) is 2.86. The van der Waals surface area contributed by atoms with Crippen molar-refractivity contribution in [3.05, 3.63) is 42.5 Å². The molecule has 0 amide bonds. The quantitative estimate of drug-likeness (QED) is 0.140. The zero-order valence-electron chi connectivity index (χ0n) is 22.9. The highest BCUT2D eigenvalue weighted by Crippen LogP contribution is 2.33. The molecule has 2 aromatic rings. The first kappa shape index (κ1) is 30.7. The number of hydrogen-bond donors (Lipinski definition) is 0. The van der Waals surface area contributed by atoms with E-state index in [4.69, 9.17) is 0 Å². The second kappa shape index (κ2) is 18.9. The van der Waals surface area contributed by atoms with Crippen LogP contribution in [0.1, 0.15) is 124 Å². The number of hydrogen-bond acceptors (Lipinski definition) is 1. The molecule has 0 radical (unpaired) electrons. The molecule has 34 heavy (non-hydrogen) atoms. The lowest BCUT2D eigenvalue weighted by molar-refractivity contribution is 0.267. The third-order valence-corrected chi connectivity index (χ3v) is 7.52. The van der Waals surface area contributed by atoms with Crippen molar-refractivity contribution in [3.8, 4) is 0 Å². The van der Waals surface area contributed by atoms with E-state index in [-0.39, 0.29) is 5.48 Å². The summed E-state index contributed by atoms with van der Waals surface area (Å²) in [6.45, 7) is 10.9. The molecule has 2 nitrogen and oxygen atoms in total. The summed E-state index contributed by atoms with van der Waals surface area (Å²) in [5.74, 6) is 0. The van der Waals surface area contributed by atoms with Crippen LogP contribution in [0.5, 0.6) is 0 Å². The molecule has 0 aliphatic rings. The van der Waals surface area contributed by atoms with Crippen LogP contribution in [-0.2, 0) is 0 Å². The molecule has 0 spiro atoms. The summed E-state index contributed by atoms with van der Waals surface area (Å²) in [4.78, 5) is 0. The number of quaternary nitrogens is 1. The van der Waals surface area contributed by atoms with Gasteiger partial charge in [-0.3, -0.25) is 4.48 Å². The van der Waals surface area contributed by atoms with Crippen LogP contribution in [0.2, 0.25) is 0 Å². The van der Waals surface area contributed by atoms with E-state index in [0.29, 0.717) is 0 Å². The molecular weight excluding hydrogens is 414 g/mol. The third kappa shape index (κ3) is 10.5. The smallest absolute Gasteiger partial charge is 0.140 e. The van der Waals surface area contributed by atoms with Crippen molar-refractivity contribution in [3.63, 3.8) is 0 Å². The molecule has 0 saturated heterocycles. The number of benzene rings is 2. The number of fused-ring (bicyclic) bond motifs is 1. The van der Waals surface area contributed by atoms with E-state index in [1.165, 1.54) is 138 Å². The zero-order chi connectivity index (χ0) is 23.6. The summed E-state index contributed by atoms with van der Waals surface area (Å²) in [7, 11) is 0. The van der Waals surface area contributed by atoms with Gasteiger partial charge in [0, 0.05) is 5.39 Å². The molecular formula is C32H55NO. The minimum atomic E-state index is 0. The van der Waals surface area contributed by atoms with Gasteiger partial charge in [-0.05, 0) is 43.2 Å². The van der Waals surface area contributed by atoms with Gasteiger partial charge in [0.2, 0.25) is 0 Å². The first-order chi connectivity index (χ1) is 16.3. The third-order valence-electron chi connectivity index (χ3n) is 7.52. The van der Waals surface area contributed by atoms with Crippen molar-refractivity contribution in [2.45, 2.75) is 124 Å². The molecule has 0 aliphatic heterocycles. The highest BCUT2D eigenvalue weighted by molar-refractivity contribution is 5.93. The van der Waals surface area contributed by atoms with E-state index >= 15 is 0 Å². The Morgan fingerprint density at radius 1 is 0.471 bits per heavy atom. The first-order valence-corrected chi connectivity index (χ1v) is 14.6. The van der Waals surface area contributed by atoms with Crippen LogP contribution in [0.25, 0.3) is 10.8 Å². The normalized spacial score (nSPS) is 11.6. The van der Waals surface area contributed by atoms with Gasteiger partial charge in [0.15, 0.2) is 0 Å². The van der Waals surface area contributed by atoms with Crippen LogP contribution < -0.4 is 4.48 Å². The molecule has 0 aromatic heterocycles. The van der Waals surface area contributed by atoms with E-state index in [1.807, 2.05) is 0 Å². The number of rotatable bonds is 20. The van der Waals surface area contributed by atoms with Crippen LogP contribution in [0, 0.1) is 0 Å². The Bertz CT molecular complexity index is 729. The Hall–Kier alpha value is -1.38. The average molecular weight is 470 g/mol. The monoisotopic (exact) mass is 469 g/mol. The zero-order valence-corrected chi connectivity index (χ0v) is 22.9. The predicted octanol–water partition coefficient (Wildman–Crippen LogP) is 10.3. The second-order valence-corrected chi connectivity index (χ2v) is 10.4. The lowest BCUT2D eigenvalue weighted by Gasteiger charge is -2.39. The molecule has 0 unspecified atom stereocenters. The van der Waals surface area contributed by atoms with Crippen molar-refractivity contribution in [2.75, 3.05) is 19.6 Å². The lowest BCUT2D eigenvalue weighted by Crippen LogP contribution is -2.51. The minimum absolute atomic E-state index is 0. The number of nitrogens with zero attached hydrogens (tertiary/aromatic N) is 1. The minimum Gasteiger partial charge on any atom is -0.870 e. The first-order valence-electron chi connectivity index (χ1n) is 14.6. The topological polar surface area (TPSA) is 30.0 Å². The second-order valence-electron chi connectivity index (χ2n) is 10.4. The predicted molar refractivity (Wildman–Crippen MR) is 153 cm³/mol. The standard InChI is InChI=1S/C32H54N.H2O/c1-4-7-8-9-10-11-12-13-14-15-16-17-18-21-29-33(27-5-2,28-6-3)32-26-22-24-30-23-19-20-25-31(30)32;/h19-20,22-26H,4-18,21,27-29H2,1-3H3;1H2/q+1;/p-1. The Morgan fingerprint density at radius 2 is 0.941 bits per heavy atom. The van der Waals surface area contributed by atoms with E-state index in [2.05, 4.69) is 63.2 Å². The van der Waals surface area contributed by atoms with Gasteiger partial charge in [-0.25, -0.2) is 0 Å². The fraction of sp³-hybridized carbons (Fsp3) is 0.688. The van der Waals surface area contributed by atoms with Crippen molar-refractivity contribution in [2.24, 2.45) is 0 Å². The lowest BCUT2D eigenvalue weighted by atomic mass is 10.0. The summed E-state index contributed by atoms with van der Waals surface area (Å²) < 4.78 is 1.17. The van der Waals surface area contributed by atoms with Gasteiger partial charge >= 0.3 is 0 Å². The Balaban J connectivity index is 0.00000578. The summed E-state index contributed by atoms with van der Waals surface area (Å²) in [6, 6.07) is 16.0. The molecule has 0 atom stereocenters. The molecule has 1 N–H and O–H groups in total. The largest absolute Gasteiger partial charge is 0.870 e. The van der Waals surface area contributed by atoms with Crippen molar-refractivity contribution < 1.29 is 5.48 Å². The molecule has 0 saturated carbocycles. The molecule has 2 rings (SSSR count). The molecule has 2 aromatic carbocycles. The van der Waals surface area contributed by atoms with E-state index in [9.17, 15) is 0 Å². The van der Waals surface area contributed by atoms with Crippen LogP contribution >= 0.6 is 0 Å². The summed E-state index contributed by atoms with van der Waals surface area (Å²) in [5.41, 5.74) is 1.56. The Kier molecular flexibility index (Phi) is 17.0. The van der Waals surface area contributed by atoms with Crippen LogP contribution in [-0.4, -0.2) is 25.1 Å². The van der Waals surface area contributed by atoms with Gasteiger partial charge in [-0.1, -0.05) is 128 Å². The number of unbranched alkanes of at least 4 members (excludes halogenated alkanes) is 13. The molecule has 0 heterocycles. The van der Waals surface area contributed by atoms with Gasteiger partial charge in [0.05, 0.1) is 19.6 Å². The van der Waals surface area contributed by atoms with Gasteiger partial charge in [-0.15, -0.1) is 0 Å². The molecule has 0 fully saturated rings. The van der Waals surface area contributed by atoms with Crippen molar-refractivity contribution in [1.29, 1.82) is 0 Å². The van der Waals surface area contributed by atoms with Gasteiger partial charge in [0.25, 0.3) is 0 Å². The highest BCUT2D eigenvalue weighted by Gasteiger charge is 2.29. The summed E-state index contributed by atoms with van der Waals surface area (Å²) >= 11 is 0. The van der Waals surface area contributed by atoms with Gasteiger partial charge < -0.3 is 5.48 Å². The van der Waals surface area contributed by atoms with Crippen molar-refractivity contribution in [1.82, 2.24) is 4.48 Å². The highest BCUT2D eigenvalue weighted by atomic mass is 16.0. The van der Waals surface area contributed by atoms with Gasteiger partial charge in [0.1, 0.15) is 5.69 Å². The van der Waals surface area contributed by atoms with Crippen molar-refractivity contribution >= 4 is 16.5 Å². The van der Waals surface area contributed by atoms with E-state index < -0.39 is 0 Å². The van der Waals surface area contributed by atoms with E-state index in [1.54, 1.807) is 5.69 Å². The van der Waals surface area contributed by atoms with Crippen LogP contribution in [0.4, 0.5) is 5.69 Å². The molecule has 2 heteroatoms. The maximum Gasteiger partial charge on any atom is 0.140 e. The maximum atomic E-state index is 2.41. The Labute approximate surface area is 212 Å². The molecule has 194 valence electrons.